The number of hydrogen-bond acceptors (Lipinski definition) is 3. The van der Waals surface area contributed by atoms with Gasteiger partial charge in [0.25, 0.3) is 0 Å². The van der Waals surface area contributed by atoms with Crippen LogP contribution < -0.4 is 10.6 Å². The van der Waals surface area contributed by atoms with Gasteiger partial charge in [0.05, 0.1) is 13.2 Å². The fourth-order valence-electron chi connectivity index (χ4n) is 1.67. The van der Waals surface area contributed by atoms with Crippen LogP contribution in [0.15, 0.2) is 28.7 Å². The highest BCUT2D eigenvalue weighted by Gasteiger charge is 2.06. The predicted molar refractivity (Wildman–Crippen MR) is 80.2 cm³/mol. The lowest BCUT2D eigenvalue weighted by Crippen LogP contribution is -2.39. The molecule has 2 N–H and O–H groups in total. The lowest BCUT2D eigenvalue weighted by atomic mass is 10.1. The number of carbonyl (C=O) groups excluding carboxylic acids is 1. The Morgan fingerprint density at radius 1 is 1.37 bits per heavy atom. The van der Waals surface area contributed by atoms with Crippen LogP contribution in [0.3, 0.4) is 0 Å². The van der Waals surface area contributed by atoms with Gasteiger partial charge in [-0.2, -0.15) is 0 Å². The van der Waals surface area contributed by atoms with Gasteiger partial charge in [0.1, 0.15) is 0 Å². The molecule has 1 rings (SSSR count). The molecule has 0 bridgehead atoms. The van der Waals surface area contributed by atoms with Gasteiger partial charge >= 0.3 is 0 Å². The number of carbonyl (C=O) groups is 1. The summed E-state index contributed by atoms with van der Waals surface area (Å²) < 4.78 is 5.95. The van der Waals surface area contributed by atoms with Crippen LogP contribution in [0.5, 0.6) is 0 Å². The molecular weight excluding hydrogens is 308 g/mol. The molecule has 0 radical (unpaired) electrons. The topological polar surface area (TPSA) is 50.4 Å². The summed E-state index contributed by atoms with van der Waals surface area (Å²) in [7, 11) is 1.62. The Balaban J connectivity index is 2.22. The molecule has 1 atom stereocenters. The quantitative estimate of drug-likeness (QED) is 0.714. The van der Waals surface area contributed by atoms with Gasteiger partial charge in [-0.25, -0.2) is 0 Å². The van der Waals surface area contributed by atoms with Crippen LogP contribution in [0, 0.1) is 0 Å². The Hall–Kier alpha value is -0.910. The fraction of sp³-hybridized carbons (Fsp3) is 0.500. The maximum atomic E-state index is 11.5. The van der Waals surface area contributed by atoms with E-state index in [4.69, 9.17) is 4.74 Å². The van der Waals surface area contributed by atoms with E-state index in [1.54, 1.807) is 7.11 Å². The van der Waals surface area contributed by atoms with Gasteiger partial charge in [-0.05, 0) is 31.0 Å². The second-order valence-corrected chi connectivity index (χ2v) is 5.37. The summed E-state index contributed by atoms with van der Waals surface area (Å²) in [5, 5.41) is 5.99. The zero-order valence-electron chi connectivity index (χ0n) is 11.4. The summed E-state index contributed by atoms with van der Waals surface area (Å²) in [6, 6.07) is 8.48. The average molecular weight is 329 g/mol. The van der Waals surface area contributed by atoms with E-state index in [0.717, 1.165) is 10.9 Å². The minimum atomic E-state index is -0.000272. The van der Waals surface area contributed by atoms with E-state index in [0.29, 0.717) is 19.7 Å². The van der Waals surface area contributed by atoms with Crippen LogP contribution in [-0.4, -0.2) is 38.8 Å². The normalized spacial score (nSPS) is 12.2. The molecule has 0 spiro atoms. The maximum absolute atomic E-state index is 11.5. The minimum Gasteiger partial charge on any atom is -0.383 e. The Labute approximate surface area is 123 Å². The molecule has 0 aliphatic heterocycles. The number of hydrogen-bond donors (Lipinski definition) is 2. The Morgan fingerprint density at radius 2 is 2.05 bits per heavy atom. The van der Waals surface area contributed by atoms with Gasteiger partial charge in [-0.1, -0.05) is 28.1 Å². The Kier molecular flexibility index (Phi) is 7.70. The lowest BCUT2D eigenvalue weighted by Gasteiger charge is -2.14. The molecule has 0 heterocycles. The van der Waals surface area contributed by atoms with E-state index in [2.05, 4.69) is 45.6 Å². The molecule has 0 saturated heterocycles. The van der Waals surface area contributed by atoms with Crippen molar-refractivity contribution in [2.45, 2.75) is 19.4 Å². The first-order chi connectivity index (χ1) is 9.11. The zero-order valence-corrected chi connectivity index (χ0v) is 13.0. The molecule has 0 saturated carbocycles. The van der Waals surface area contributed by atoms with Crippen LogP contribution in [-0.2, 0) is 16.0 Å². The van der Waals surface area contributed by atoms with E-state index in [1.807, 2.05) is 12.1 Å². The van der Waals surface area contributed by atoms with Crippen molar-refractivity contribution in [3.63, 3.8) is 0 Å². The van der Waals surface area contributed by atoms with Crippen molar-refractivity contribution in [3.8, 4) is 0 Å². The van der Waals surface area contributed by atoms with Gasteiger partial charge in [0.15, 0.2) is 0 Å². The Bertz CT molecular complexity index is 382. The minimum absolute atomic E-state index is 0.000272. The van der Waals surface area contributed by atoms with Crippen molar-refractivity contribution >= 4 is 21.8 Å². The van der Waals surface area contributed by atoms with Crippen molar-refractivity contribution in [2.75, 3.05) is 26.8 Å². The molecule has 5 heteroatoms. The van der Waals surface area contributed by atoms with Gasteiger partial charge in [-0.15, -0.1) is 0 Å². The highest BCUT2D eigenvalue weighted by atomic mass is 79.9. The highest BCUT2D eigenvalue weighted by molar-refractivity contribution is 9.10. The van der Waals surface area contributed by atoms with Gasteiger partial charge < -0.3 is 15.4 Å². The number of amides is 1. The number of methoxy groups -OCH3 is 1. The second kappa shape index (κ2) is 9.07. The molecule has 0 aliphatic rings. The molecule has 0 fully saturated rings. The molecule has 1 amide bonds. The predicted octanol–water partition coefficient (Wildman–Crippen LogP) is 1.73. The summed E-state index contributed by atoms with van der Waals surface area (Å²) in [5.74, 6) is -0.000272. The summed E-state index contributed by atoms with van der Waals surface area (Å²) >= 11 is 3.41. The number of nitrogens with one attached hydrogen (secondary N) is 2. The van der Waals surface area contributed by atoms with E-state index < -0.39 is 0 Å². The molecule has 1 aromatic rings. The Morgan fingerprint density at radius 3 is 2.68 bits per heavy atom. The van der Waals surface area contributed by atoms with Crippen LogP contribution in [0.2, 0.25) is 0 Å². The monoisotopic (exact) mass is 328 g/mol. The van der Waals surface area contributed by atoms with Crippen LogP contribution >= 0.6 is 15.9 Å². The van der Waals surface area contributed by atoms with E-state index in [-0.39, 0.29) is 11.9 Å². The fourth-order valence-corrected chi connectivity index (χ4v) is 1.93. The van der Waals surface area contributed by atoms with Crippen molar-refractivity contribution in [1.29, 1.82) is 0 Å². The molecule has 19 heavy (non-hydrogen) atoms. The highest BCUT2D eigenvalue weighted by Crippen LogP contribution is 2.11. The van der Waals surface area contributed by atoms with Crippen molar-refractivity contribution in [3.05, 3.63) is 34.3 Å². The summed E-state index contributed by atoms with van der Waals surface area (Å²) in [4.78, 5) is 11.5. The molecule has 106 valence electrons. The third-order valence-electron chi connectivity index (χ3n) is 2.69. The van der Waals surface area contributed by atoms with Gasteiger partial charge in [0, 0.05) is 24.2 Å². The summed E-state index contributed by atoms with van der Waals surface area (Å²) in [5.41, 5.74) is 1.25. The van der Waals surface area contributed by atoms with Crippen LogP contribution in [0.25, 0.3) is 0 Å². The van der Waals surface area contributed by atoms with Crippen molar-refractivity contribution in [1.82, 2.24) is 10.6 Å². The third-order valence-corrected chi connectivity index (χ3v) is 3.22. The average Bonchev–Trinajstić information content (AvgIpc) is 2.39. The first-order valence-electron chi connectivity index (χ1n) is 6.35. The van der Waals surface area contributed by atoms with E-state index in [1.165, 1.54) is 5.56 Å². The van der Waals surface area contributed by atoms with Gasteiger partial charge in [-0.3, -0.25) is 4.79 Å². The van der Waals surface area contributed by atoms with E-state index >= 15 is 0 Å². The standard InChI is InChI=1S/C14H21BrN2O2/c1-11(9-12-3-5-13(15)6-4-12)17-10-14(18)16-7-8-19-2/h3-6,11,17H,7-10H2,1-2H3,(H,16,18). The largest absolute Gasteiger partial charge is 0.383 e. The molecule has 0 aromatic heterocycles. The second-order valence-electron chi connectivity index (χ2n) is 4.46. The number of ether oxygens (including phenoxy) is 1. The first kappa shape index (κ1) is 16.1. The smallest absolute Gasteiger partial charge is 0.234 e. The van der Waals surface area contributed by atoms with Gasteiger partial charge in [0.2, 0.25) is 5.91 Å². The third kappa shape index (κ3) is 7.30. The molecular formula is C14H21BrN2O2. The summed E-state index contributed by atoms with van der Waals surface area (Å²) in [6.07, 6.45) is 0.901. The van der Waals surface area contributed by atoms with E-state index in [9.17, 15) is 4.79 Å². The lowest BCUT2D eigenvalue weighted by molar-refractivity contribution is -0.120. The SMILES string of the molecule is COCCNC(=O)CNC(C)Cc1ccc(Br)cc1. The first-order valence-corrected chi connectivity index (χ1v) is 7.14. The number of benzene rings is 1. The molecule has 1 unspecified atom stereocenters. The van der Waals surface area contributed by atoms with Crippen molar-refractivity contribution in [2.24, 2.45) is 0 Å². The molecule has 4 nitrogen and oxygen atoms in total. The van der Waals surface area contributed by atoms with Crippen molar-refractivity contribution < 1.29 is 9.53 Å². The van der Waals surface area contributed by atoms with Crippen LogP contribution in [0.4, 0.5) is 0 Å². The summed E-state index contributed by atoms with van der Waals surface area (Å²) in [6.45, 7) is 3.50. The number of rotatable bonds is 8. The molecule has 0 aliphatic carbocycles. The zero-order chi connectivity index (χ0) is 14.1. The van der Waals surface area contributed by atoms with Crippen LogP contribution in [0.1, 0.15) is 12.5 Å². The molecule has 1 aromatic carbocycles. The number of halogens is 1. The maximum Gasteiger partial charge on any atom is 0.234 e.